The van der Waals surface area contributed by atoms with Crippen LogP contribution < -0.4 is 5.32 Å². The van der Waals surface area contributed by atoms with E-state index in [1.54, 1.807) is 11.3 Å². The molecule has 1 aromatic carbocycles. The number of carbonyl (C=O) groups excluding carboxylic acids is 2. The Morgan fingerprint density at radius 3 is 2.71 bits per heavy atom. The molecule has 1 aliphatic rings. The predicted octanol–water partition coefficient (Wildman–Crippen LogP) is 3.06. The lowest BCUT2D eigenvalue weighted by molar-refractivity contribution is -0.124. The Labute approximate surface area is 177 Å². The number of aliphatic hydroxyl groups is 1. The molecule has 0 spiro atoms. The average Bonchev–Trinajstić information content (AvgIpc) is 3.29. The summed E-state index contributed by atoms with van der Waals surface area (Å²) in [5.41, 5.74) is 1.04. The Morgan fingerprint density at radius 1 is 1.25 bits per heavy atom. The van der Waals surface area contributed by atoms with Gasteiger partial charge in [0.15, 0.2) is 0 Å². The fraction of sp³-hybridized carbons (Fsp3) is 0.250. The Morgan fingerprint density at radius 2 is 2.04 bits per heavy atom. The first-order valence-electron chi connectivity index (χ1n) is 8.80. The number of nitrogens with one attached hydrogen (secondary N) is 1. The lowest BCUT2D eigenvalue weighted by Gasteiger charge is -2.18. The minimum Gasteiger partial charge on any atom is -0.394 e. The molecule has 1 saturated heterocycles. The number of thiocarbonyl (C=S) groups is 1. The molecular formula is C20H20N2O3S3. The van der Waals surface area contributed by atoms with Crippen LogP contribution >= 0.6 is 35.3 Å². The third-order valence-electron chi connectivity index (χ3n) is 4.16. The summed E-state index contributed by atoms with van der Waals surface area (Å²) in [6, 6.07) is 13.2. The number of hydrogen-bond acceptors (Lipinski definition) is 6. The molecule has 3 rings (SSSR count). The zero-order chi connectivity index (χ0) is 19.9. The Balaban J connectivity index is 1.52. The van der Waals surface area contributed by atoms with Crippen molar-refractivity contribution in [2.75, 3.05) is 13.2 Å². The molecule has 0 radical (unpaired) electrons. The molecule has 0 saturated carbocycles. The van der Waals surface area contributed by atoms with Crippen LogP contribution in [0.5, 0.6) is 0 Å². The number of hydrogen-bond donors (Lipinski definition) is 2. The normalized spacial score (nSPS) is 16.6. The molecule has 1 aliphatic heterocycles. The Bertz CT molecular complexity index is 866. The van der Waals surface area contributed by atoms with E-state index >= 15 is 0 Å². The quantitative estimate of drug-likeness (QED) is 0.496. The van der Waals surface area contributed by atoms with E-state index in [1.807, 2.05) is 53.9 Å². The van der Waals surface area contributed by atoms with E-state index < -0.39 is 0 Å². The summed E-state index contributed by atoms with van der Waals surface area (Å²) in [7, 11) is 0. The van der Waals surface area contributed by atoms with Crippen LogP contribution in [0, 0.1) is 0 Å². The molecule has 2 amide bonds. The van der Waals surface area contributed by atoms with Crippen molar-refractivity contribution in [2.45, 2.75) is 18.9 Å². The summed E-state index contributed by atoms with van der Waals surface area (Å²) in [5, 5.41) is 14.3. The molecule has 2 heterocycles. The van der Waals surface area contributed by atoms with Gasteiger partial charge in [0, 0.05) is 17.8 Å². The molecule has 2 aromatic rings. The highest BCUT2D eigenvalue weighted by Crippen LogP contribution is 2.33. The van der Waals surface area contributed by atoms with Gasteiger partial charge in [-0.2, -0.15) is 0 Å². The number of thioether (sulfide) groups is 1. The maximum atomic E-state index is 12.6. The van der Waals surface area contributed by atoms with Crippen LogP contribution in [0.1, 0.15) is 16.9 Å². The zero-order valence-corrected chi connectivity index (χ0v) is 17.5. The van der Waals surface area contributed by atoms with E-state index in [1.165, 1.54) is 16.7 Å². The molecule has 0 bridgehead atoms. The number of rotatable bonds is 8. The second-order valence-corrected chi connectivity index (χ2v) is 8.89. The number of nitrogens with zero attached hydrogens (tertiary/aromatic N) is 1. The first-order valence-corrected chi connectivity index (χ1v) is 10.9. The van der Waals surface area contributed by atoms with Gasteiger partial charge in [-0.05, 0) is 29.5 Å². The number of carbonyl (C=O) groups is 2. The highest BCUT2D eigenvalue weighted by molar-refractivity contribution is 8.26. The number of benzene rings is 1. The van der Waals surface area contributed by atoms with E-state index in [0.717, 1.165) is 10.4 Å². The zero-order valence-electron chi connectivity index (χ0n) is 15.0. The summed E-state index contributed by atoms with van der Waals surface area (Å²) < 4.78 is 0.462. The summed E-state index contributed by atoms with van der Waals surface area (Å²) in [5.74, 6) is -0.384. The SMILES string of the molecule is O=C(CCN1C(=O)/C(=C/c2cccs2)SC1=S)N[C@@H](CO)Cc1ccccc1. The van der Waals surface area contributed by atoms with Crippen LogP contribution in [-0.2, 0) is 16.0 Å². The van der Waals surface area contributed by atoms with Gasteiger partial charge in [-0.3, -0.25) is 14.5 Å². The monoisotopic (exact) mass is 432 g/mol. The molecule has 28 heavy (non-hydrogen) atoms. The number of aliphatic hydroxyl groups excluding tert-OH is 1. The molecule has 146 valence electrons. The van der Waals surface area contributed by atoms with Gasteiger partial charge in [-0.15, -0.1) is 11.3 Å². The van der Waals surface area contributed by atoms with Crippen LogP contribution in [0.15, 0.2) is 52.7 Å². The van der Waals surface area contributed by atoms with E-state index in [4.69, 9.17) is 12.2 Å². The maximum absolute atomic E-state index is 12.6. The van der Waals surface area contributed by atoms with Gasteiger partial charge in [0.25, 0.3) is 5.91 Å². The van der Waals surface area contributed by atoms with Gasteiger partial charge in [0.1, 0.15) is 4.32 Å². The van der Waals surface area contributed by atoms with E-state index in [0.29, 0.717) is 15.6 Å². The molecule has 1 atom stereocenters. The van der Waals surface area contributed by atoms with Crippen molar-refractivity contribution in [3.8, 4) is 0 Å². The molecular weight excluding hydrogens is 412 g/mol. The minimum absolute atomic E-state index is 0.129. The lowest BCUT2D eigenvalue weighted by Crippen LogP contribution is -2.41. The van der Waals surface area contributed by atoms with E-state index in [9.17, 15) is 14.7 Å². The second-order valence-electron chi connectivity index (χ2n) is 6.24. The highest BCUT2D eigenvalue weighted by atomic mass is 32.2. The van der Waals surface area contributed by atoms with Crippen molar-refractivity contribution < 1.29 is 14.7 Å². The Kier molecular flexibility index (Phi) is 7.38. The first-order chi connectivity index (χ1) is 13.6. The molecule has 5 nitrogen and oxygen atoms in total. The molecule has 1 fully saturated rings. The molecule has 2 N–H and O–H groups in total. The summed E-state index contributed by atoms with van der Waals surface area (Å²) in [4.78, 5) is 27.9. The number of thiophene rings is 1. The summed E-state index contributed by atoms with van der Waals surface area (Å²) >= 11 is 8.11. The van der Waals surface area contributed by atoms with Gasteiger partial charge in [0.2, 0.25) is 5.91 Å². The second kappa shape index (κ2) is 9.97. The molecule has 8 heteroatoms. The number of amides is 2. The van der Waals surface area contributed by atoms with Crippen LogP contribution in [0.3, 0.4) is 0 Å². The van der Waals surface area contributed by atoms with Gasteiger partial charge >= 0.3 is 0 Å². The van der Waals surface area contributed by atoms with Crippen LogP contribution in [0.4, 0.5) is 0 Å². The van der Waals surface area contributed by atoms with Gasteiger partial charge in [0.05, 0.1) is 17.6 Å². The van der Waals surface area contributed by atoms with Crippen LogP contribution in [0.2, 0.25) is 0 Å². The molecule has 0 unspecified atom stereocenters. The van der Waals surface area contributed by atoms with Crippen LogP contribution in [-0.4, -0.2) is 45.3 Å². The predicted molar refractivity (Wildman–Crippen MR) is 118 cm³/mol. The third kappa shape index (κ3) is 5.51. The van der Waals surface area contributed by atoms with Crippen molar-refractivity contribution in [3.63, 3.8) is 0 Å². The summed E-state index contributed by atoms with van der Waals surface area (Å²) in [6.45, 7) is 0.0764. The van der Waals surface area contributed by atoms with Gasteiger partial charge in [-0.1, -0.05) is 60.4 Å². The van der Waals surface area contributed by atoms with Crippen molar-refractivity contribution in [2.24, 2.45) is 0 Å². The lowest BCUT2D eigenvalue weighted by atomic mass is 10.1. The molecule has 1 aromatic heterocycles. The largest absolute Gasteiger partial charge is 0.394 e. The maximum Gasteiger partial charge on any atom is 0.266 e. The minimum atomic E-state index is -0.361. The standard InChI is InChI=1S/C20H20N2O3S3/c23-13-15(11-14-5-2-1-3-6-14)21-18(24)8-9-22-19(25)17(28-20(22)26)12-16-7-4-10-27-16/h1-7,10,12,15,23H,8-9,11,13H2,(H,21,24)/b17-12-/t15-/m1/s1. The highest BCUT2D eigenvalue weighted by Gasteiger charge is 2.32. The Hall–Kier alpha value is -2.00. The van der Waals surface area contributed by atoms with E-state index in [-0.39, 0.29) is 37.4 Å². The van der Waals surface area contributed by atoms with Gasteiger partial charge in [-0.25, -0.2) is 0 Å². The van der Waals surface area contributed by atoms with Crippen molar-refractivity contribution in [1.82, 2.24) is 10.2 Å². The average molecular weight is 433 g/mol. The fourth-order valence-corrected chi connectivity index (χ4v) is 4.80. The third-order valence-corrected chi connectivity index (χ3v) is 6.36. The van der Waals surface area contributed by atoms with Crippen molar-refractivity contribution in [3.05, 3.63) is 63.2 Å². The molecule has 0 aliphatic carbocycles. The first kappa shape index (κ1) is 20.7. The smallest absolute Gasteiger partial charge is 0.266 e. The van der Waals surface area contributed by atoms with E-state index in [2.05, 4.69) is 5.32 Å². The summed E-state index contributed by atoms with van der Waals surface area (Å²) in [6.07, 6.45) is 2.50. The van der Waals surface area contributed by atoms with Gasteiger partial charge < -0.3 is 10.4 Å². The van der Waals surface area contributed by atoms with Crippen LogP contribution in [0.25, 0.3) is 6.08 Å². The topological polar surface area (TPSA) is 69.6 Å². The van der Waals surface area contributed by atoms with Crippen molar-refractivity contribution >= 4 is 57.5 Å². The fourth-order valence-electron chi connectivity index (χ4n) is 2.77. The van der Waals surface area contributed by atoms with Crippen molar-refractivity contribution in [1.29, 1.82) is 0 Å².